The highest BCUT2D eigenvalue weighted by atomic mass is 32.2. The van der Waals surface area contributed by atoms with E-state index in [1.807, 2.05) is 18.2 Å². The molecule has 0 saturated carbocycles. The van der Waals surface area contributed by atoms with Gasteiger partial charge < -0.3 is 9.84 Å². The van der Waals surface area contributed by atoms with Crippen molar-refractivity contribution >= 4 is 28.6 Å². The van der Waals surface area contributed by atoms with Crippen LogP contribution in [-0.4, -0.2) is 35.5 Å². The highest BCUT2D eigenvalue weighted by molar-refractivity contribution is 7.99. The quantitative estimate of drug-likeness (QED) is 0.664. The van der Waals surface area contributed by atoms with Gasteiger partial charge in [-0.05, 0) is 12.1 Å². The van der Waals surface area contributed by atoms with Crippen LogP contribution in [0.25, 0.3) is 10.9 Å². The number of hydrogen-bond donors (Lipinski definition) is 1. The molecule has 0 bridgehead atoms. The van der Waals surface area contributed by atoms with Crippen molar-refractivity contribution in [2.75, 3.05) is 19.5 Å². The lowest BCUT2D eigenvalue weighted by atomic mass is 10.1. The first-order valence-corrected chi connectivity index (χ1v) is 6.45. The molecule has 0 atom stereocenters. The first-order chi connectivity index (χ1) is 8.72. The lowest BCUT2D eigenvalue weighted by Crippen LogP contribution is -2.00. The molecule has 18 heavy (non-hydrogen) atoms. The molecule has 1 aromatic carbocycles. The van der Waals surface area contributed by atoms with Gasteiger partial charge in [-0.15, -0.1) is 11.8 Å². The molecule has 0 spiro atoms. The Morgan fingerprint density at radius 2 is 2.22 bits per heavy atom. The summed E-state index contributed by atoms with van der Waals surface area (Å²) in [7, 11) is 1.64. The smallest absolute Gasteiger partial charge is 0.336 e. The minimum absolute atomic E-state index is 0.292. The van der Waals surface area contributed by atoms with E-state index >= 15 is 0 Å². The van der Waals surface area contributed by atoms with Crippen molar-refractivity contribution in [3.63, 3.8) is 0 Å². The van der Waals surface area contributed by atoms with Crippen LogP contribution >= 0.6 is 11.8 Å². The topological polar surface area (TPSA) is 59.4 Å². The first-order valence-electron chi connectivity index (χ1n) is 5.47. The number of rotatable bonds is 5. The van der Waals surface area contributed by atoms with Gasteiger partial charge in [0.1, 0.15) is 0 Å². The summed E-state index contributed by atoms with van der Waals surface area (Å²) in [6, 6.07) is 8.88. The maximum Gasteiger partial charge on any atom is 0.336 e. The number of methoxy groups -OCH3 is 1. The van der Waals surface area contributed by atoms with E-state index in [9.17, 15) is 9.90 Å². The van der Waals surface area contributed by atoms with E-state index in [1.165, 1.54) is 11.8 Å². The van der Waals surface area contributed by atoms with Crippen LogP contribution in [0, 0.1) is 0 Å². The van der Waals surface area contributed by atoms with Crippen LogP contribution in [0.15, 0.2) is 35.4 Å². The average molecular weight is 263 g/mol. The number of nitrogens with zero attached hydrogens (tertiary/aromatic N) is 1. The molecule has 0 aliphatic heterocycles. The van der Waals surface area contributed by atoms with Gasteiger partial charge in [0.25, 0.3) is 0 Å². The summed E-state index contributed by atoms with van der Waals surface area (Å²) in [5, 5.41) is 10.6. The summed E-state index contributed by atoms with van der Waals surface area (Å²) < 4.78 is 4.96. The van der Waals surface area contributed by atoms with Gasteiger partial charge in [0.05, 0.1) is 22.7 Å². The van der Waals surface area contributed by atoms with Crippen molar-refractivity contribution in [1.82, 2.24) is 4.98 Å². The van der Waals surface area contributed by atoms with E-state index < -0.39 is 5.97 Å². The fourth-order valence-corrected chi connectivity index (χ4v) is 2.45. The molecule has 2 rings (SSSR count). The van der Waals surface area contributed by atoms with Gasteiger partial charge in [-0.3, -0.25) is 0 Å². The van der Waals surface area contributed by atoms with E-state index in [0.29, 0.717) is 28.1 Å². The number of aromatic carboxylic acids is 1. The number of hydrogen-bond acceptors (Lipinski definition) is 4. The third-order valence-corrected chi connectivity index (χ3v) is 3.34. The lowest BCUT2D eigenvalue weighted by molar-refractivity contribution is 0.0698. The Morgan fingerprint density at radius 3 is 2.94 bits per heavy atom. The third-order valence-electron chi connectivity index (χ3n) is 2.46. The Morgan fingerprint density at radius 1 is 1.44 bits per heavy atom. The third kappa shape index (κ3) is 2.80. The molecular weight excluding hydrogens is 250 g/mol. The number of aromatic nitrogens is 1. The minimum Gasteiger partial charge on any atom is -0.478 e. The van der Waals surface area contributed by atoms with Crippen LogP contribution < -0.4 is 0 Å². The molecule has 0 amide bonds. The molecule has 4 nitrogen and oxygen atoms in total. The second-order valence-electron chi connectivity index (χ2n) is 3.67. The van der Waals surface area contributed by atoms with Crippen LogP contribution in [0.3, 0.4) is 0 Å². The normalized spacial score (nSPS) is 10.7. The van der Waals surface area contributed by atoms with E-state index in [1.54, 1.807) is 19.2 Å². The second kappa shape index (κ2) is 5.84. The largest absolute Gasteiger partial charge is 0.478 e. The van der Waals surface area contributed by atoms with Crippen molar-refractivity contribution in [2.24, 2.45) is 0 Å². The van der Waals surface area contributed by atoms with Gasteiger partial charge in [-0.2, -0.15) is 0 Å². The van der Waals surface area contributed by atoms with Gasteiger partial charge >= 0.3 is 5.97 Å². The number of ether oxygens (including phenoxy) is 1. The maximum absolute atomic E-state index is 11.2. The van der Waals surface area contributed by atoms with Crippen LogP contribution in [0.5, 0.6) is 0 Å². The molecule has 0 unspecified atom stereocenters. The van der Waals surface area contributed by atoms with Crippen molar-refractivity contribution in [3.05, 3.63) is 35.9 Å². The predicted molar refractivity (Wildman–Crippen MR) is 71.3 cm³/mol. The standard InChI is InChI=1S/C13H13NO3S/c1-17-6-7-18-12-8-10(13(15)16)9-4-2-3-5-11(9)14-12/h2-5,8H,6-7H2,1H3,(H,15,16). The molecule has 0 aliphatic carbocycles. The zero-order chi connectivity index (χ0) is 13.0. The van der Waals surface area contributed by atoms with Gasteiger partial charge in [0.15, 0.2) is 0 Å². The number of carbonyl (C=O) groups is 1. The summed E-state index contributed by atoms with van der Waals surface area (Å²) in [4.78, 5) is 15.7. The van der Waals surface area contributed by atoms with Gasteiger partial charge in [0.2, 0.25) is 0 Å². The molecule has 0 aliphatic rings. The van der Waals surface area contributed by atoms with Gasteiger partial charge in [-0.25, -0.2) is 9.78 Å². The molecule has 0 fully saturated rings. The maximum atomic E-state index is 11.2. The Balaban J connectivity index is 2.41. The zero-order valence-electron chi connectivity index (χ0n) is 9.92. The molecule has 1 heterocycles. The van der Waals surface area contributed by atoms with E-state index in [-0.39, 0.29) is 0 Å². The van der Waals surface area contributed by atoms with Crippen molar-refractivity contribution in [1.29, 1.82) is 0 Å². The van der Waals surface area contributed by atoms with Crippen LogP contribution in [-0.2, 0) is 4.74 Å². The molecule has 1 aromatic heterocycles. The van der Waals surface area contributed by atoms with Crippen molar-refractivity contribution in [2.45, 2.75) is 5.03 Å². The molecule has 2 aromatic rings. The average Bonchev–Trinajstić information content (AvgIpc) is 2.38. The number of para-hydroxylation sites is 1. The first kappa shape index (κ1) is 12.9. The number of thioether (sulfide) groups is 1. The van der Waals surface area contributed by atoms with E-state index in [0.717, 1.165) is 5.75 Å². The fraction of sp³-hybridized carbons (Fsp3) is 0.231. The van der Waals surface area contributed by atoms with Crippen molar-refractivity contribution in [3.8, 4) is 0 Å². The summed E-state index contributed by atoms with van der Waals surface area (Å²) in [5.74, 6) is -0.178. The fourth-order valence-electron chi connectivity index (χ4n) is 1.63. The second-order valence-corrected chi connectivity index (χ2v) is 4.79. The summed E-state index contributed by atoms with van der Waals surface area (Å²) in [5.41, 5.74) is 0.998. The molecule has 0 radical (unpaired) electrons. The minimum atomic E-state index is -0.929. The molecule has 0 saturated heterocycles. The number of carboxylic acid groups (broad SMARTS) is 1. The highest BCUT2D eigenvalue weighted by Crippen LogP contribution is 2.24. The summed E-state index contributed by atoms with van der Waals surface area (Å²) >= 11 is 1.49. The zero-order valence-corrected chi connectivity index (χ0v) is 10.7. The van der Waals surface area contributed by atoms with Gasteiger partial charge in [0, 0.05) is 18.2 Å². The predicted octanol–water partition coefficient (Wildman–Crippen LogP) is 2.67. The summed E-state index contributed by atoms with van der Waals surface area (Å²) in [6.07, 6.45) is 0. The number of fused-ring (bicyclic) bond motifs is 1. The Hall–Kier alpha value is -1.59. The monoisotopic (exact) mass is 263 g/mol. The molecule has 1 N–H and O–H groups in total. The Labute approximate surface area is 109 Å². The number of benzene rings is 1. The Bertz CT molecular complexity index is 571. The molecule has 5 heteroatoms. The molecular formula is C13H13NO3S. The SMILES string of the molecule is COCCSc1cc(C(=O)O)c2ccccc2n1. The number of carboxylic acids is 1. The van der Waals surface area contributed by atoms with Crippen LogP contribution in [0.2, 0.25) is 0 Å². The van der Waals surface area contributed by atoms with E-state index in [2.05, 4.69) is 4.98 Å². The summed E-state index contributed by atoms with van der Waals surface area (Å²) in [6.45, 7) is 0.613. The molecule has 94 valence electrons. The highest BCUT2D eigenvalue weighted by Gasteiger charge is 2.11. The van der Waals surface area contributed by atoms with E-state index in [4.69, 9.17) is 4.74 Å². The van der Waals surface area contributed by atoms with Crippen LogP contribution in [0.4, 0.5) is 0 Å². The number of pyridine rings is 1. The Kier molecular flexibility index (Phi) is 4.17. The van der Waals surface area contributed by atoms with Crippen molar-refractivity contribution < 1.29 is 14.6 Å². The van der Waals surface area contributed by atoms with Crippen LogP contribution in [0.1, 0.15) is 10.4 Å². The van der Waals surface area contributed by atoms with Gasteiger partial charge in [-0.1, -0.05) is 18.2 Å². The lowest BCUT2D eigenvalue weighted by Gasteiger charge is -2.06.